The van der Waals surface area contributed by atoms with Gasteiger partial charge in [-0.15, -0.1) is 0 Å². The Bertz CT molecular complexity index is 981. The Kier molecular flexibility index (Phi) is 8.08. The van der Waals surface area contributed by atoms with Crippen LogP contribution in [0.4, 0.5) is 0 Å². The number of rotatable bonds is 6. The average molecular weight is 490 g/mol. The van der Waals surface area contributed by atoms with Gasteiger partial charge in [0, 0.05) is 4.47 Å². The molecule has 0 saturated carbocycles. The Morgan fingerprint density at radius 2 is 1.73 bits per heavy atom. The molecule has 2 aromatic carbocycles. The second-order valence-corrected chi connectivity index (χ2v) is 8.40. The molecule has 5 nitrogen and oxygen atoms in total. The van der Waals surface area contributed by atoms with Crippen molar-refractivity contribution >= 4 is 28.1 Å². The number of aromatic nitrogens is 3. The Morgan fingerprint density at radius 1 is 1.00 bits per heavy atom. The van der Waals surface area contributed by atoms with Gasteiger partial charge in [-0.05, 0) is 55.2 Å². The van der Waals surface area contributed by atoms with Gasteiger partial charge in [-0.25, -0.2) is 9.67 Å². The Morgan fingerprint density at radius 3 is 2.47 bits per heavy atom. The summed E-state index contributed by atoms with van der Waals surface area (Å²) < 4.78 is 3.00. The third-order valence-electron chi connectivity index (χ3n) is 5.37. The molecule has 1 aromatic heterocycles. The first-order valence-corrected chi connectivity index (χ1v) is 11.0. The molecule has 0 amide bonds. The third kappa shape index (κ3) is 5.72. The number of aromatic hydroxyl groups is 1. The molecule has 0 aliphatic carbocycles. The van der Waals surface area contributed by atoms with Gasteiger partial charge in [0.2, 0.25) is 0 Å². The summed E-state index contributed by atoms with van der Waals surface area (Å²) in [6.45, 7) is 4.28. The molecule has 0 unspecified atom stereocenters. The SMILES string of the molecule is Oc1ccccc1-c1nc(/C=C/c2ccc(Br)cc2)nn1CC[NH+]1CCCCC1.[Cl-]. The highest BCUT2D eigenvalue weighted by atomic mass is 79.9. The number of hydrogen-bond acceptors (Lipinski definition) is 3. The molecule has 2 N–H and O–H groups in total. The minimum atomic E-state index is 0. The highest BCUT2D eigenvalue weighted by Gasteiger charge is 2.17. The first-order valence-electron chi connectivity index (χ1n) is 10.2. The van der Waals surface area contributed by atoms with Crippen molar-refractivity contribution in [2.45, 2.75) is 25.8 Å². The summed E-state index contributed by atoms with van der Waals surface area (Å²) in [7, 11) is 0. The molecule has 0 radical (unpaired) electrons. The van der Waals surface area contributed by atoms with Crippen LogP contribution in [0.5, 0.6) is 5.75 Å². The molecule has 2 heterocycles. The molecule has 4 rings (SSSR count). The zero-order chi connectivity index (χ0) is 20.1. The molecule has 158 valence electrons. The molecule has 7 heteroatoms. The summed E-state index contributed by atoms with van der Waals surface area (Å²) in [5.41, 5.74) is 1.81. The van der Waals surface area contributed by atoms with Crippen molar-refractivity contribution in [2.24, 2.45) is 0 Å². The maximum atomic E-state index is 10.3. The summed E-state index contributed by atoms with van der Waals surface area (Å²) in [5, 5.41) is 15.1. The standard InChI is InChI=1S/C23H25BrN4O.ClH/c24-19-11-8-18(9-12-19)10-13-22-25-23(20-6-2-3-7-21(20)29)28(26-22)17-16-27-14-4-1-5-15-27;/h2-3,6-13,29H,1,4-5,14-17H2;1H/b13-10+;. The first kappa shape index (κ1) is 22.5. The second-order valence-electron chi connectivity index (χ2n) is 7.48. The summed E-state index contributed by atoms with van der Waals surface area (Å²) in [6.07, 6.45) is 7.90. The third-order valence-corrected chi connectivity index (χ3v) is 5.89. The van der Waals surface area contributed by atoms with Crippen molar-refractivity contribution in [3.05, 3.63) is 64.4 Å². The van der Waals surface area contributed by atoms with Crippen molar-refractivity contribution in [1.29, 1.82) is 0 Å². The van der Waals surface area contributed by atoms with Gasteiger partial charge in [0.1, 0.15) is 5.75 Å². The van der Waals surface area contributed by atoms with E-state index in [1.54, 1.807) is 11.0 Å². The number of phenolic OH excluding ortho intramolecular Hbond substituents is 1. The van der Waals surface area contributed by atoms with Crippen LogP contribution in [0.1, 0.15) is 30.7 Å². The van der Waals surface area contributed by atoms with E-state index in [2.05, 4.69) is 15.9 Å². The number of likely N-dealkylation sites (tertiary alicyclic amines) is 1. The molecule has 3 aromatic rings. The van der Waals surface area contributed by atoms with Gasteiger partial charge < -0.3 is 22.4 Å². The lowest BCUT2D eigenvalue weighted by molar-refractivity contribution is -0.905. The minimum absolute atomic E-state index is 0. The fourth-order valence-electron chi connectivity index (χ4n) is 3.76. The maximum Gasteiger partial charge on any atom is 0.174 e. The predicted octanol–water partition coefficient (Wildman–Crippen LogP) is 0.656. The van der Waals surface area contributed by atoms with E-state index in [0.29, 0.717) is 5.82 Å². The fourth-order valence-corrected chi connectivity index (χ4v) is 4.02. The molecule has 30 heavy (non-hydrogen) atoms. The van der Waals surface area contributed by atoms with Crippen molar-refractivity contribution in [2.75, 3.05) is 19.6 Å². The topological polar surface area (TPSA) is 55.4 Å². The lowest BCUT2D eigenvalue weighted by atomic mass is 10.1. The van der Waals surface area contributed by atoms with Gasteiger partial charge in [0.15, 0.2) is 11.6 Å². The number of piperidine rings is 1. The van der Waals surface area contributed by atoms with Crippen molar-refractivity contribution in [1.82, 2.24) is 14.8 Å². The van der Waals surface area contributed by atoms with Crippen LogP contribution in [-0.4, -0.2) is 39.5 Å². The van der Waals surface area contributed by atoms with E-state index in [0.717, 1.165) is 34.5 Å². The van der Waals surface area contributed by atoms with Crippen LogP contribution in [0.3, 0.4) is 0 Å². The number of nitrogens with zero attached hydrogens (tertiary/aromatic N) is 3. The van der Waals surface area contributed by atoms with Gasteiger partial charge in [-0.1, -0.05) is 46.3 Å². The van der Waals surface area contributed by atoms with Gasteiger partial charge in [0.05, 0.1) is 31.7 Å². The summed E-state index contributed by atoms with van der Waals surface area (Å²) >= 11 is 3.46. The number of halogens is 2. The zero-order valence-electron chi connectivity index (χ0n) is 16.8. The largest absolute Gasteiger partial charge is 1.00 e. The van der Waals surface area contributed by atoms with Gasteiger partial charge in [0.25, 0.3) is 0 Å². The van der Waals surface area contributed by atoms with Crippen LogP contribution >= 0.6 is 15.9 Å². The predicted molar refractivity (Wildman–Crippen MR) is 120 cm³/mol. The lowest BCUT2D eigenvalue weighted by Crippen LogP contribution is -3.13. The molecule has 1 fully saturated rings. The molecule has 1 aliphatic heterocycles. The molecule has 0 bridgehead atoms. The van der Waals surface area contributed by atoms with Gasteiger partial charge in [-0.3, -0.25) is 0 Å². The van der Waals surface area contributed by atoms with Crippen LogP contribution in [0.25, 0.3) is 23.5 Å². The second kappa shape index (κ2) is 10.8. The van der Waals surface area contributed by atoms with Crippen LogP contribution in [0, 0.1) is 0 Å². The Balaban J connectivity index is 0.00000256. The van der Waals surface area contributed by atoms with Crippen molar-refractivity contribution in [3.8, 4) is 17.1 Å². The molecule has 1 aliphatic rings. The highest BCUT2D eigenvalue weighted by molar-refractivity contribution is 9.10. The smallest absolute Gasteiger partial charge is 0.174 e. The monoisotopic (exact) mass is 488 g/mol. The Hall–Kier alpha value is -2.15. The van der Waals surface area contributed by atoms with Crippen LogP contribution in [0.15, 0.2) is 53.0 Å². The first-order chi connectivity index (χ1) is 14.2. The molecular formula is C23H26BrClN4O. The lowest BCUT2D eigenvalue weighted by Gasteiger charge is -2.23. The van der Waals surface area contributed by atoms with Crippen LogP contribution in [0.2, 0.25) is 0 Å². The zero-order valence-corrected chi connectivity index (χ0v) is 19.1. The number of quaternary nitrogens is 1. The normalized spacial score (nSPS) is 14.7. The van der Waals surface area contributed by atoms with Gasteiger partial charge >= 0.3 is 0 Å². The van der Waals surface area contributed by atoms with E-state index in [-0.39, 0.29) is 18.2 Å². The number of nitrogens with one attached hydrogen (secondary N) is 1. The number of benzene rings is 2. The van der Waals surface area contributed by atoms with Crippen molar-refractivity contribution < 1.29 is 22.4 Å². The van der Waals surface area contributed by atoms with E-state index in [4.69, 9.17) is 10.1 Å². The molecule has 0 spiro atoms. The summed E-state index contributed by atoms with van der Waals surface area (Å²) in [5.74, 6) is 1.60. The van der Waals surface area contributed by atoms with E-state index < -0.39 is 0 Å². The minimum Gasteiger partial charge on any atom is -1.00 e. The number of phenols is 1. The fraction of sp³-hybridized carbons (Fsp3) is 0.304. The van der Waals surface area contributed by atoms with E-state index >= 15 is 0 Å². The summed E-state index contributed by atoms with van der Waals surface area (Å²) in [4.78, 5) is 6.35. The summed E-state index contributed by atoms with van der Waals surface area (Å²) in [6, 6.07) is 15.4. The molecule has 1 saturated heterocycles. The molecular weight excluding hydrogens is 464 g/mol. The number of para-hydroxylation sites is 1. The quantitative estimate of drug-likeness (QED) is 0.535. The molecule has 0 atom stereocenters. The van der Waals surface area contributed by atoms with E-state index in [9.17, 15) is 5.11 Å². The van der Waals surface area contributed by atoms with Crippen LogP contribution in [-0.2, 0) is 6.54 Å². The van der Waals surface area contributed by atoms with E-state index in [1.165, 1.54) is 32.4 Å². The van der Waals surface area contributed by atoms with Crippen LogP contribution < -0.4 is 17.3 Å². The maximum absolute atomic E-state index is 10.3. The highest BCUT2D eigenvalue weighted by Crippen LogP contribution is 2.27. The number of hydrogen-bond donors (Lipinski definition) is 2. The van der Waals surface area contributed by atoms with Crippen molar-refractivity contribution in [3.63, 3.8) is 0 Å². The van der Waals surface area contributed by atoms with Gasteiger partial charge in [-0.2, -0.15) is 5.10 Å². The average Bonchev–Trinajstić information content (AvgIpc) is 3.16. The Labute approximate surface area is 192 Å². The van der Waals surface area contributed by atoms with E-state index in [1.807, 2.05) is 59.3 Å².